The molecule has 21 heavy (non-hydrogen) atoms. The molecule has 0 atom stereocenters. The third-order valence-electron chi connectivity index (χ3n) is 3.87. The van der Waals surface area contributed by atoms with Crippen LogP contribution in [0.5, 0.6) is 0 Å². The minimum atomic E-state index is 0.815. The number of nitrogens with zero attached hydrogens (tertiary/aromatic N) is 4. The van der Waals surface area contributed by atoms with Crippen LogP contribution in [0.15, 0.2) is 30.5 Å². The van der Waals surface area contributed by atoms with E-state index in [0.717, 1.165) is 49.1 Å². The van der Waals surface area contributed by atoms with E-state index in [2.05, 4.69) is 25.8 Å². The molecule has 0 unspecified atom stereocenters. The molecule has 3 rings (SSSR count). The molecule has 0 radical (unpaired) electrons. The Morgan fingerprint density at radius 3 is 2.48 bits per heavy atom. The number of hydrogen-bond acceptors (Lipinski definition) is 5. The highest BCUT2D eigenvalue weighted by molar-refractivity contribution is 5.57. The Morgan fingerprint density at radius 2 is 1.76 bits per heavy atom. The molecule has 1 aromatic heterocycles. The smallest absolute Gasteiger partial charge is 0.150 e. The zero-order chi connectivity index (χ0) is 14.8. The number of aryl methyl sites for hydroxylation is 2. The number of anilines is 3. The van der Waals surface area contributed by atoms with Gasteiger partial charge in [-0.25, -0.2) is 4.98 Å². The lowest BCUT2D eigenvalue weighted by molar-refractivity contribution is 0.643. The molecular formula is C16H21N5. The monoisotopic (exact) mass is 283 g/mol. The van der Waals surface area contributed by atoms with E-state index in [1.807, 2.05) is 38.2 Å². The summed E-state index contributed by atoms with van der Waals surface area (Å²) in [6.45, 7) is 7.85. The lowest BCUT2D eigenvalue weighted by atomic mass is 10.2. The third kappa shape index (κ3) is 2.91. The molecule has 1 fully saturated rings. The van der Waals surface area contributed by atoms with Crippen molar-refractivity contribution in [3.05, 3.63) is 41.9 Å². The quantitative estimate of drug-likeness (QED) is 0.854. The Morgan fingerprint density at radius 1 is 1.05 bits per heavy atom. The highest BCUT2D eigenvalue weighted by Gasteiger charge is 2.20. The van der Waals surface area contributed by atoms with E-state index in [9.17, 15) is 0 Å². The summed E-state index contributed by atoms with van der Waals surface area (Å²) >= 11 is 0. The predicted octanol–water partition coefficient (Wildman–Crippen LogP) is 2.00. The summed E-state index contributed by atoms with van der Waals surface area (Å²) in [6.07, 6.45) is 1.82. The number of hydrogen-bond donors (Lipinski definition) is 1. The first kappa shape index (κ1) is 13.7. The SMILES string of the molecule is Cc1cnc(C)c(N2CCN(c3cccc(N)c3)CC2)n1. The molecular weight excluding hydrogens is 262 g/mol. The molecule has 5 nitrogen and oxygen atoms in total. The van der Waals surface area contributed by atoms with Crippen molar-refractivity contribution < 1.29 is 0 Å². The van der Waals surface area contributed by atoms with Gasteiger partial charge >= 0.3 is 0 Å². The fraction of sp³-hybridized carbons (Fsp3) is 0.375. The second kappa shape index (κ2) is 5.60. The van der Waals surface area contributed by atoms with Crippen LogP contribution >= 0.6 is 0 Å². The van der Waals surface area contributed by atoms with Crippen LogP contribution in [-0.2, 0) is 0 Å². The number of nitrogens with two attached hydrogens (primary N) is 1. The van der Waals surface area contributed by atoms with E-state index in [4.69, 9.17) is 5.73 Å². The molecule has 1 saturated heterocycles. The fourth-order valence-corrected chi connectivity index (χ4v) is 2.72. The van der Waals surface area contributed by atoms with Crippen LogP contribution in [0, 0.1) is 13.8 Å². The first-order valence-electron chi connectivity index (χ1n) is 7.29. The molecule has 0 bridgehead atoms. The molecule has 110 valence electrons. The zero-order valence-corrected chi connectivity index (χ0v) is 12.6. The average molecular weight is 283 g/mol. The molecule has 0 saturated carbocycles. The lowest BCUT2D eigenvalue weighted by Gasteiger charge is -2.37. The van der Waals surface area contributed by atoms with E-state index < -0.39 is 0 Å². The highest BCUT2D eigenvalue weighted by Crippen LogP contribution is 2.22. The second-order valence-corrected chi connectivity index (χ2v) is 5.49. The van der Waals surface area contributed by atoms with Gasteiger partial charge < -0.3 is 15.5 Å². The number of aromatic nitrogens is 2. The number of benzene rings is 1. The number of nitrogen functional groups attached to an aromatic ring is 1. The van der Waals surface area contributed by atoms with Crippen LogP contribution in [0.4, 0.5) is 17.2 Å². The maximum atomic E-state index is 5.86. The maximum absolute atomic E-state index is 5.86. The minimum absolute atomic E-state index is 0.815. The molecule has 0 spiro atoms. The third-order valence-corrected chi connectivity index (χ3v) is 3.87. The number of piperazine rings is 1. The van der Waals surface area contributed by atoms with Gasteiger partial charge in [0, 0.05) is 43.8 Å². The fourth-order valence-electron chi connectivity index (χ4n) is 2.72. The lowest BCUT2D eigenvalue weighted by Crippen LogP contribution is -2.47. The summed E-state index contributed by atoms with van der Waals surface area (Å²) in [7, 11) is 0. The van der Waals surface area contributed by atoms with Crippen molar-refractivity contribution in [2.45, 2.75) is 13.8 Å². The molecule has 1 aromatic carbocycles. The van der Waals surface area contributed by atoms with Gasteiger partial charge in [-0.05, 0) is 32.0 Å². The Bertz CT molecular complexity index is 632. The van der Waals surface area contributed by atoms with Gasteiger partial charge in [0.15, 0.2) is 0 Å². The molecule has 1 aliphatic heterocycles. The number of rotatable bonds is 2. The predicted molar refractivity (Wildman–Crippen MR) is 86.8 cm³/mol. The molecule has 0 aliphatic carbocycles. The second-order valence-electron chi connectivity index (χ2n) is 5.49. The summed E-state index contributed by atoms with van der Waals surface area (Å²) in [5.41, 5.74) is 9.84. The summed E-state index contributed by atoms with van der Waals surface area (Å²) < 4.78 is 0. The molecule has 2 aromatic rings. The minimum Gasteiger partial charge on any atom is -0.399 e. The average Bonchev–Trinajstić information content (AvgIpc) is 2.50. The Labute approximate surface area is 125 Å². The molecule has 5 heteroatoms. The van der Waals surface area contributed by atoms with Crippen LogP contribution < -0.4 is 15.5 Å². The van der Waals surface area contributed by atoms with Gasteiger partial charge in [0.05, 0.1) is 11.4 Å². The van der Waals surface area contributed by atoms with Gasteiger partial charge in [-0.2, -0.15) is 0 Å². The Kier molecular flexibility index (Phi) is 3.64. The van der Waals surface area contributed by atoms with Crippen molar-refractivity contribution in [3.8, 4) is 0 Å². The highest BCUT2D eigenvalue weighted by atomic mass is 15.3. The van der Waals surface area contributed by atoms with Gasteiger partial charge in [0.25, 0.3) is 0 Å². The maximum Gasteiger partial charge on any atom is 0.150 e. The van der Waals surface area contributed by atoms with E-state index in [1.54, 1.807) is 0 Å². The molecule has 2 N–H and O–H groups in total. The first-order chi connectivity index (χ1) is 10.1. The molecule has 1 aliphatic rings. The van der Waals surface area contributed by atoms with E-state index >= 15 is 0 Å². The Hall–Kier alpha value is -2.30. The van der Waals surface area contributed by atoms with Gasteiger partial charge in [0.1, 0.15) is 5.82 Å². The van der Waals surface area contributed by atoms with E-state index in [0.29, 0.717) is 0 Å². The van der Waals surface area contributed by atoms with E-state index in [1.165, 1.54) is 5.69 Å². The van der Waals surface area contributed by atoms with Gasteiger partial charge in [-0.15, -0.1) is 0 Å². The normalized spacial score (nSPS) is 15.3. The Balaban J connectivity index is 1.72. The van der Waals surface area contributed by atoms with Crippen LogP contribution in [0.3, 0.4) is 0 Å². The summed E-state index contributed by atoms with van der Waals surface area (Å²) in [5, 5.41) is 0. The van der Waals surface area contributed by atoms with Crippen molar-refractivity contribution >= 4 is 17.2 Å². The van der Waals surface area contributed by atoms with Crippen molar-refractivity contribution in [2.75, 3.05) is 41.7 Å². The van der Waals surface area contributed by atoms with Crippen LogP contribution in [0.2, 0.25) is 0 Å². The largest absolute Gasteiger partial charge is 0.399 e. The van der Waals surface area contributed by atoms with Crippen molar-refractivity contribution in [3.63, 3.8) is 0 Å². The van der Waals surface area contributed by atoms with Gasteiger partial charge in [-0.1, -0.05) is 6.07 Å². The zero-order valence-electron chi connectivity index (χ0n) is 12.6. The first-order valence-corrected chi connectivity index (χ1v) is 7.29. The summed E-state index contributed by atoms with van der Waals surface area (Å²) in [4.78, 5) is 13.7. The summed E-state index contributed by atoms with van der Waals surface area (Å²) in [5.74, 6) is 1.02. The summed E-state index contributed by atoms with van der Waals surface area (Å²) in [6, 6.07) is 8.08. The van der Waals surface area contributed by atoms with Crippen LogP contribution in [-0.4, -0.2) is 36.1 Å². The van der Waals surface area contributed by atoms with Gasteiger partial charge in [-0.3, -0.25) is 4.98 Å². The van der Waals surface area contributed by atoms with Crippen LogP contribution in [0.25, 0.3) is 0 Å². The van der Waals surface area contributed by atoms with Gasteiger partial charge in [0.2, 0.25) is 0 Å². The van der Waals surface area contributed by atoms with E-state index in [-0.39, 0.29) is 0 Å². The van der Waals surface area contributed by atoms with Crippen molar-refractivity contribution in [1.82, 2.24) is 9.97 Å². The topological polar surface area (TPSA) is 58.3 Å². The van der Waals surface area contributed by atoms with Crippen molar-refractivity contribution in [1.29, 1.82) is 0 Å². The molecule has 2 heterocycles. The standard InChI is InChI=1S/C16H21N5/c1-12-11-18-13(2)16(19-12)21-8-6-20(7-9-21)15-5-3-4-14(17)10-15/h3-5,10-11H,6-9,17H2,1-2H3. The van der Waals surface area contributed by atoms with Crippen molar-refractivity contribution in [2.24, 2.45) is 0 Å². The molecule has 0 amide bonds. The van der Waals surface area contributed by atoms with Crippen LogP contribution in [0.1, 0.15) is 11.4 Å².